The van der Waals surface area contributed by atoms with E-state index in [1.807, 2.05) is 19.1 Å². The second-order valence-electron chi connectivity index (χ2n) is 6.43. The van der Waals surface area contributed by atoms with Crippen molar-refractivity contribution in [3.05, 3.63) is 52.5 Å². The van der Waals surface area contributed by atoms with E-state index in [4.69, 9.17) is 4.74 Å². The van der Waals surface area contributed by atoms with E-state index in [9.17, 15) is 14.4 Å². The van der Waals surface area contributed by atoms with Crippen molar-refractivity contribution in [3.8, 4) is 5.75 Å². The highest BCUT2D eigenvalue weighted by Gasteiger charge is 2.32. The molecule has 2 aromatic carbocycles. The Kier molecular flexibility index (Phi) is 5.99. The van der Waals surface area contributed by atoms with Gasteiger partial charge in [-0.15, -0.1) is 0 Å². The van der Waals surface area contributed by atoms with Crippen molar-refractivity contribution in [1.29, 1.82) is 0 Å². The van der Waals surface area contributed by atoms with Crippen LogP contribution < -0.4 is 20.3 Å². The van der Waals surface area contributed by atoms with Crippen LogP contribution in [0.4, 0.5) is 11.4 Å². The molecule has 0 saturated heterocycles. The van der Waals surface area contributed by atoms with E-state index in [0.717, 1.165) is 10.0 Å². The highest BCUT2D eigenvalue weighted by atomic mass is 79.9. The molecule has 2 N–H and O–H groups in total. The van der Waals surface area contributed by atoms with Crippen LogP contribution in [0.5, 0.6) is 5.75 Å². The Morgan fingerprint density at radius 1 is 1.21 bits per heavy atom. The Labute approximate surface area is 171 Å². The van der Waals surface area contributed by atoms with Gasteiger partial charge in [-0.25, -0.2) is 0 Å². The predicted molar refractivity (Wildman–Crippen MR) is 109 cm³/mol. The van der Waals surface area contributed by atoms with E-state index >= 15 is 0 Å². The molecule has 0 bridgehead atoms. The van der Waals surface area contributed by atoms with E-state index in [1.54, 1.807) is 30.3 Å². The van der Waals surface area contributed by atoms with E-state index in [0.29, 0.717) is 17.1 Å². The number of ether oxygens (including phenoxy) is 1. The van der Waals surface area contributed by atoms with Gasteiger partial charge in [-0.1, -0.05) is 28.1 Å². The molecular formula is C20H20BrN3O4. The van der Waals surface area contributed by atoms with Gasteiger partial charge in [0.15, 0.2) is 6.10 Å². The van der Waals surface area contributed by atoms with Crippen molar-refractivity contribution in [2.24, 2.45) is 0 Å². The lowest BCUT2D eigenvalue weighted by atomic mass is 10.1. The fourth-order valence-corrected chi connectivity index (χ4v) is 3.39. The molecule has 1 unspecified atom stereocenters. The van der Waals surface area contributed by atoms with E-state index in [2.05, 4.69) is 26.6 Å². The number of anilines is 2. The van der Waals surface area contributed by atoms with Crippen LogP contribution in [-0.2, 0) is 14.4 Å². The Hall–Kier alpha value is -2.87. The molecule has 0 radical (unpaired) electrons. The molecule has 8 heteroatoms. The van der Waals surface area contributed by atoms with E-state index in [1.165, 1.54) is 11.8 Å². The molecule has 0 aliphatic carbocycles. The fourth-order valence-electron chi connectivity index (χ4n) is 2.91. The SMILES string of the molecule is CC(=O)N1CC(C(=O)NCC(=O)Nc2ccc(Br)cc2C)Oc2ccccc21. The highest BCUT2D eigenvalue weighted by molar-refractivity contribution is 9.10. The summed E-state index contributed by atoms with van der Waals surface area (Å²) in [6.45, 7) is 3.20. The predicted octanol–water partition coefficient (Wildman–Crippen LogP) is 2.63. The second-order valence-corrected chi connectivity index (χ2v) is 7.34. The van der Waals surface area contributed by atoms with E-state index in [-0.39, 0.29) is 24.9 Å². The van der Waals surface area contributed by atoms with Gasteiger partial charge >= 0.3 is 0 Å². The number of carbonyl (C=O) groups is 3. The minimum atomic E-state index is -0.888. The van der Waals surface area contributed by atoms with Crippen LogP contribution in [0.2, 0.25) is 0 Å². The minimum absolute atomic E-state index is 0.0889. The molecule has 146 valence electrons. The fraction of sp³-hybridized carbons (Fsp3) is 0.250. The van der Waals surface area contributed by atoms with Gasteiger partial charge in [-0.2, -0.15) is 0 Å². The molecule has 7 nitrogen and oxygen atoms in total. The Balaban J connectivity index is 1.60. The van der Waals surface area contributed by atoms with Crippen LogP contribution in [0.15, 0.2) is 46.9 Å². The first-order valence-electron chi connectivity index (χ1n) is 8.72. The summed E-state index contributed by atoms with van der Waals surface area (Å²) in [5.41, 5.74) is 2.20. The van der Waals surface area contributed by atoms with Crippen molar-refractivity contribution < 1.29 is 19.1 Å². The number of hydrogen-bond acceptors (Lipinski definition) is 4. The third-order valence-corrected chi connectivity index (χ3v) is 4.83. The van der Waals surface area contributed by atoms with Crippen LogP contribution >= 0.6 is 15.9 Å². The van der Waals surface area contributed by atoms with Crippen LogP contribution in [0.3, 0.4) is 0 Å². The molecule has 0 fully saturated rings. The molecule has 3 rings (SSSR count). The van der Waals surface area contributed by atoms with Gasteiger partial charge in [0.25, 0.3) is 5.91 Å². The number of aryl methyl sites for hydroxylation is 1. The normalized spacial score (nSPS) is 15.2. The molecule has 1 atom stereocenters. The van der Waals surface area contributed by atoms with Crippen LogP contribution in [-0.4, -0.2) is 36.9 Å². The average molecular weight is 446 g/mol. The van der Waals surface area contributed by atoms with Gasteiger partial charge in [-0.05, 0) is 42.8 Å². The number of fused-ring (bicyclic) bond motifs is 1. The zero-order chi connectivity index (χ0) is 20.3. The van der Waals surface area contributed by atoms with Gasteiger partial charge < -0.3 is 20.3 Å². The van der Waals surface area contributed by atoms with E-state index < -0.39 is 12.0 Å². The maximum absolute atomic E-state index is 12.5. The smallest absolute Gasteiger partial charge is 0.263 e. The number of carbonyl (C=O) groups excluding carboxylic acids is 3. The summed E-state index contributed by atoms with van der Waals surface area (Å²) in [5, 5.41) is 5.33. The Morgan fingerprint density at radius 3 is 2.68 bits per heavy atom. The molecule has 1 aliphatic heterocycles. The van der Waals surface area contributed by atoms with Gasteiger partial charge in [0.2, 0.25) is 11.8 Å². The summed E-state index contributed by atoms with van der Waals surface area (Å²) in [6.07, 6.45) is -0.888. The summed E-state index contributed by atoms with van der Waals surface area (Å²) in [6, 6.07) is 12.5. The van der Waals surface area contributed by atoms with Gasteiger partial charge in [0, 0.05) is 17.1 Å². The summed E-state index contributed by atoms with van der Waals surface area (Å²) in [4.78, 5) is 38.1. The third kappa shape index (κ3) is 4.51. The third-order valence-electron chi connectivity index (χ3n) is 4.33. The van der Waals surface area contributed by atoms with Gasteiger partial charge in [-0.3, -0.25) is 14.4 Å². The number of hydrogen-bond donors (Lipinski definition) is 2. The lowest BCUT2D eigenvalue weighted by molar-refractivity contribution is -0.130. The molecule has 2 aromatic rings. The van der Waals surface area contributed by atoms with Gasteiger partial charge in [0.05, 0.1) is 18.8 Å². The molecule has 0 saturated carbocycles. The summed E-state index contributed by atoms with van der Waals surface area (Å²) in [5.74, 6) is -0.530. The largest absolute Gasteiger partial charge is 0.477 e. The van der Waals surface area contributed by atoms with Crippen LogP contribution in [0.25, 0.3) is 0 Å². The molecule has 0 spiro atoms. The number of nitrogens with one attached hydrogen (secondary N) is 2. The summed E-state index contributed by atoms with van der Waals surface area (Å²) >= 11 is 3.37. The standard InChI is InChI=1S/C20H20BrN3O4/c1-12-9-14(21)7-8-15(12)23-19(26)10-22-20(27)18-11-24(13(2)25)16-5-3-4-6-17(16)28-18/h3-9,18H,10-11H2,1-2H3,(H,22,27)(H,23,26). The number of nitrogens with zero attached hydrogens (tertiary/aromatic N) is 1. The number of amides is 3. The van der Waals surface area contributed by atoms with Crippen molar-refractivity contribution in [1.82, 2.24) is 5.32 Å². The maximum atomic E-state index is 12.5. The quantitative estimate of drug-likeness (QED) is 0.756. The lowest BCUT2D eigenvalue weighted by Crippen LogP contribution is -2.51. The Bertz CT molecular complexity index is 931. The van der Waals surface area contributed by atoms with Crippen molar-refractivity contribution in [2.45, 2.75) is 20.0 Å². The number of rotatable bonds is 4. The first-order valence-corrected chi connectivity index (χ1v) is 9.52. The zero-order valence-corrected chi connectivity index (χ0v) is 17.1. The molecule has 3 amide bonds. The molecule has 28 heavy (non-hydrogen) atoms. The first kappa shape index (κ1) is 19.9. The number of benzene rings is 2. The maximum Gasteiger partial charge on any atom is 0.263 e. The molecular weight excluding hydrogens is 426 g/mol. The lowest BCUT2D eigenvalue weighted by Gasteiger charge is -2.33. The second kappa shape index (κ2) is 8.43. The van der Waals surface area contributed by atoms with Crippen molar-refractivity contribution in [2.75, 3.05) is 23.3 Å². The average Bonchev–Trinajstić information content (AvgIpc) is 2.67. The summed E-state index contributed by atoms with van der Waals surface area (Å²) < 4.78 is 6.63. The van der Waals surface area contributed by atoms with Gasteiger partial charge in [0.1, 0.15) is 5.75 Å². The zero-order valence-electron chi connectivity index (χ0n) is 15.5. The molecule has 0 aromatic heterocycles. The number of para-hydroxylation sites is 2. The van der Waals surface area contributed by atoms with Crippen molar-refractivity contribution in [3.63, 3.8) is 0 Å². The first-order chi connectivity index (χ1) is 13.3. The summed E-state index contributed by atoms with van der Waals surface area (Å²) in [7, 11) is 0. The molecule has 1 aliphatic rings. The Morgan fingerprint density at radius 2 is 1.96 bits per heavy atom. The minimum Gasteiger partial charge on any atom is -0.477 e. The van der Waals surface area contributed by atoms with Crippen LogP contribution in [0, 0.1) is 6.92 Å². The topological polar surface area (TPSA) is 87.7 Å². The van der Waals surface area contributed by atoms with Crippen molar-refractivity contribution >= 4 is 45.0 Å². The molecule has 1 heterocycles. The monoisotopic (exact) mass is 445 g/mol. The highest BCUT2D eigenvalue weighted by Crippen LogP contribution is 2.33. The van der Waals surface area contributed by atoms with Crippen LogP contribution in [0.1, 0.15) is 12.5 Å². The number of halogens is 1.